The zero-order valence-corrected chi connectivity index (χ0v) is 15.4. The van der Waals surface area contributed by atoms with Gasteiger partial charge in [-0.25, -0.2) is 4.79 Å². The Bertz CT molecular complexity index is 1120. The number of carbonyl (C=O) groups is 1. The predicted octanol–water partition coefficient (Wildman–Crippen LogP) is 4.09. The second-order valence-electron chi connectivity index (χ2n) is 5.96. The number of benzene rings is 2. The second kappa shape index (κ2) is 7.55. The van der Waals surface area contributed by atoms with E-state index < -0.39 is 17.2 Å². The Morgan fingerprint density at radius 1 is 1.19 bits per heavy atom. The molecule has 0 amide bonds. The maximum absolute atomic E-state index is 12.4. The van der Waals surface area contributed by atoms with Gasteiger partial charge in [0.1, 0.15) is 17.1 Å². The number of allylic oxidation sites excluding steroid dienone is 1. The number of ketones is 1. The molecule has 5 nitrogen and oxygen atoms in total. The number of rotatable bonds is 4. The lowest BCUT2D eigenvalue weighted by atomic mass is 9.98. The molecule has 6 heteroatoms. The summed E-state index contributed by atoms with van der Waals surface area (Å²) in [6.07, 6.45) is 2.82. The van der Waals surface area contributed by atoms with Gasteiger partial charge in [-0.05, 0) is 41.8 Å². The molecule has 1 heterocycles. The zero-order chi connectivity index (χ0) is 19.6. The Hall–Kier alpha value is -3.25. The maximum Gasteiger partial charge on any atom is 0.351 e. The van der Waals surface area contributed by atoms with E-state index in [0.29, 0.717) is 10.6 Å². The SMILES string of the molecule is Cc1cc(O)c(C(=O)/C=C/c2ccccc2-c2ccc(N)c(S)c2)c(=O)o1. The minimum Gasteiger partial charge on any atom is -0.507 e. The standard InChI is InChI=1S/C21H17NO4S/c1-12-10-18(24)20(21(25)26-12)17(23)9-7-13-4-2-3-5-15(13)14-6-8-16(22)19(27)11-14/h2-11,24,27H,22H2,1H3/b9-7+. The van der Waals surface area contributed by atoms with Crippen LogP contribution in [0.3, 0.4) is 0 Å². The molecule has 0 spiro atoms. The molecule has 27 heavy (non-hydrogen) atoms. The van der Waals surface area contributed by atoms with Crippen molar-refractivity contribution in [2.24, 2.45) is 0 Å². The van der Waals surface area contributed by atoms with Crippen LogP contribution < -0.4 is 11.4 Å². The number of thiol groups is 1. The summed E-state index contributed by atoms with van der Waals surface area (Å²) in [6, 6.07) is 14.2. The van der Waals surface area contributed by atoms with Crippen molar-refractivity contribution in [3.05, 3.63) is 81.9 Å². The third-order valence-corrected chi connectivity index (χ3v) is 4.40. The Morgan fingerprint density at radius 3 is 2.63 bits per heavy atom. The fourth-order valence-corrected chi connectivity index (χ4v) is 2.90. The molecule has 0 fully saturated rings. The van der Waals surface area contributed by atoms with Crippen LogP contribution in [0, 0.1) is 6.92 Å². The number of aromatic hydroxyl groups is 1. The third-order valence-electron chi connectivity index (χ3n) is 4.02. The smallest absolute Gasteiger partial charge is 0.351 e. The van der Waals surface area contributed by atoms with Gasteiger partial charge in [0.05, 0.1) is 0 Å². The molecule has 2 aromatic carbocycles. The summed E-state index contributed by atoms with van der Waals surface area (Å²) in [5, 5.41) is 9.89. The van der Waals surface area contributed by atoms with Crippen LogP contribution in [0.5, 0.6) is 5.75 Å². The van der Waals surface area contributed by atoms with Crippen LogP contribution in [0.1, 0.15) is 21.7 Å². The number of nitrogen functional groups attached to an aromatic ring is 1. The van der Waals surface area contributed by atoms with E-state index >= 15 is 0 Å². The lowest BCUT2D eigenvalue weighted by Gasteiger charge is -2.08. The molecule has 0 radical (unpaired) electrons. The topological polar surface area (TPSA) is 93.5 Å². The number of aryl methyl sites for hydroxylation is 1. The molecule has 0 saturated carbocycles. The summed E-state index contributed by atoms with van der Waals surface area (Å²) >= 11 is 4.35. The maximum atomic E-state index is 12.4. The number of anilines is 1. The Morgan fingerprint density at radius 2 is 1.93 bits per heavy atom. The summed E-state index contributed by atoms with van der Waals surface area (Å²) in [6.45, 7) is 1.52. The summed E-state index contributed by atoms with van der Waals surface area (Å²) in [4.78, 5) is 24.9. The van der Waals surface area contributed by atoms with Crippen LogP contribution in [0.25, 0.3) is 17.2 Å². The van der Waals surface area contributed by atoms with Crippen LogP contribution in [0.15, 0.2) is 68.7 Å². The highest BCUT2D eigenvalue weighted by Gasteiger charge is 2.16. The molecule has 3 rings (SSSR count). The van der Waals surface area contributed by atoms with Gasteiger partial charge in [-0.1, -0.05) is 36.4 Å². The highest BCUT2D eigenvalue weighted by molar-refractivity contribution is 7.80. The van der Waals surface area contributed by atoms with Crippen molar-refractivity contribution in [2.45, 2.75) is 11.8 Å². The van der Waals surface area contributed by atoms with E-state index in [2.05, 4.69) is 12.6 Å². The van der Waals surface area contributed by atoms with Crippen molar-refractivity contribution in [3.63, 3.8) is 0 Å². The first kappa shape index (κ1) is 18.5. The minimum absolute atomic E-state index is 0.231. The van der Waals surface area contributed by atoms with Crippen LogP contribution in [0.2, 0.25) is 0 Å². The van der Waals surface area contributed by atoms with Crippen LogP contribution >= 0.6 is 12.6 Å². The molecule has 0 aliphatic heterocycles. The van der Waals surface area contributed by atoms with Crippen molar-refractivity contribution < 1.29 is 14.3 Å². The quantitative estimate of drug-likeness (QED) is 0.275. The summed E-state index contributed by atoms with van der Waals surface area (Å²) in [5.41, 5.74) is 7.65. The van der Waals surface area contributed by atoms with Crippen molar-refractivity contribution in [1.29, 1.82) is 0 Å². The number of hydrogen-bond acceptors (Lipinski definition) is 6. The first-order valence-electron chi connectivity index (χ1n) is 8.11. The molecular formula is C21H17NO4S. The van der Waals surface area contributed by atoms with Crippen molar-refractivity contribution in [3.8, 4) is 16.9 Å². The van der Waals surface area contributed by atoms with E-state index in [0.717, 1.165) is 16.7 Å². The van der Waals surface area contributed by atoms with Crippen molar-refractivity contribution >= 4 is 30.2 Å². The molecule has 136 valence electrons. The molecule has 1 aromatic heterocycles. The van der Waals surface area contributed by atoms with Gasteiger partial charge in [-0.3, -0.25) is 4.79 Å². The highest BCUT2D eigenvalue weighted by Crippen LogP contribution is 2.29. The minimum atomic E-state index is -0.867. The monoisotopic (exact) mass is 379 g/mol. The molecule has 0 saturated heterocycles. The molecule has 0 atom stereocenters. The van der Waals surface area contributed by atoms with Gasteiger partial charge in [0.25, 0.3) is 0 Å². The van der Waals surface area contributed by atoms with Gasteiger partial charge in [-0.15, -0.1) is 12.6 Å². The third kappa shape index (κ3) is 3.96. The molecular weight excluding hydrogens is 362 g/mol. The second-order valence-corrected chi connectivity index (χ2v) is 6.44. The van der Waals surface area contributed by atoms with E-state index in [9.17, 15) is 14.7 Å². The highest BCUT2D eigenvalue weighted by atomic mass is 32.1. The van der Waals surface area contributed by atoms with Gasteiger partial charge in [0.15, 0.2) is 5.78 Å². The molecule has 0 aliphatic carbocycles. The summed E-state index contributed by atoms with van der Waals surface area (Å²) in [5.74, 6) is -0.803. The fraction of sp³-hybridized carbons (Fsp3) is 0.0476. The lowest BCUT2D eigenvalue weighted by molar-refractivity contribution is 0.104. The number of hydrogen-bond donors (Lipinski definition) is 3. The van der Waals surface area contributed by atoms with E-state index in [1.165, 1.54) is 19.1 Å². The van der Waals surface area contributed by atoms with Gasteiger partial charge in [0, 0.05) is 16.6 Å². The van der Waals surface area contributed by atoms with Gasteiger partial charge in [0.2, 0.25) is 0 Å². The van der Waals surface area contributed by atoms with Crippen LogP contribution in [-0.2, 0) is 0 Å². The predicted molar refractivity (Wildman–Crippen MR) is 108 cm³/mol. The van der Waals surface area contributed by atoms with E-state index in [-0.39, 0.29) is 11.3 Å². The van der Waals surface area contributed by atoms with Gasteiger partial charge < -0.3 is 15.3 Å². The molecule has 0 bridgehead atoms. The van der Waals surface area contributed by atoms with Crippen LogP contribution in [0.4, 0.5) is 5.69 Å². The Kier molecular flexibility index (Phi) is 5.19. The molecule has 0 aliphatic rings. The van der Waals surface area contributed by atoms with Crippen molar-refractivity contribution in [1.82, 2.24) is 0 Å². The van der Waals surface area contributed by atoms with Gasteiger partial charge >= 0.3 is 5.63 Å². The van der Waals surface area contributed by atoms with E-state index in [1.807, 2.05) is 36.4 Å². The Balaban J connectivity index is 1.98. The molecule has 0 unspecified atom stereocenters. The zero-order valence-electron chi connectivity index (χ0n) is 14.5. The fourth-order valence-electron chi connectivity index (χ4n) is 2.69. The van der Waals surface area contributed by atoms with E-state index in [1.54, 1.807) is 12.1 Å². The van der Waals surface area contributed by atoms with Crippen LogP contribution in [-0.4, -0.2) is 10.9 Å². The van der Waals surface area contributed by atoms with Gasteiger partial charge in [-0.2, -0.15) is 0 Å². The first-order valence-corrected chi connectivity index (χ1v) is 8.55. The average molecular weight is 379 g/mol. The largest absolute Gasteiger partial charge is 0.507 e. The Labute approximate surface area is 161 Å². The number of nitrogens with two attached hydrogens (primary N) is 1. The van der Waals surface area contributed by atoms with Crippen molar-refractivity contribution in [2.75, 3.05) is 5.73 Å². The average Bonchev–Trinajstić information content (AvgIpc) is 2.61. The molecule has 3 N–H and O–H groups in total. The van der Waals surface area contributed by atoms with E-state index in [4.69, 9.17) is 10.2 Å². The summed E-state index contributed by atoms with van der Waals surface area (Å²) in [7, 11) is 0. The summed E-state index contributed by atoms with van der Waals surface area (Å²) < 4.78 is 4.89. The number of carbonyl (C=O) groups excluding carboxylic acids is 1. The lowest BCUT2D eigenvalue weighted by Crippen LogP contribution is -2.12. The molecule has 3 aromatic rings. The normalized spacial score (nSPS) is 11.0. The first-order chi connectivity index (χ1) is 12.9.